The lowest BCUT2D eigenvalue weighted by atomic mass is 10.2. The quantitative estimate of drug-likeness (QED) is 0.557. The van der Waals surface area contributed by atoms with Crippen LogP contribution in [0.4, 0.5) is 0 Å². The van der Waals surface area contributed by atoms with Gasteiger partial charge in [0.25, 0.3) is 0 Å². The Bertz CT molecular complexity index is 442. The zero-order chi connectivity index (χ0) is 15.0. The summed E-state index contributed by atoms with van der Waals surface area (Å²) < 4.78 is 9.68. The molecule has 0 aliphatic heterocycles. The van der Waals surface area contributed by atoms with Crippen molar-refractivity contribution in [2.45, 2.75) is 39.3 Å². The van der Waals surface area contributed by atoms with Gasteiger partial charge >= 0.3 is 5.97 Å². The third kappa shape index (κ3) is 5.05. The first-order valence-corrected chi connectivity index (χ1v) is 6.73. The van der Waals surface area contributed by atoms with Gasteiger partial charge in [0.2, 0.25) is 11.7 Å². The highest BCUT2D eigenvalue weighted by atomic mass is 16.5. The fourth-order valence-corrected chi connectivity index (χ4v) is 1.62. The van der Waals surface area contributed by atoms with Gasteiger partial charge in [-0.15, -0.1) is 0 Å². The van der Waals surface area contributed by atoms with E-state index in [2.05, 4.69) is 15.4 Å². The number of rotatable bonds is 8. The normalized spacial score (nSPS) is 11.9. The van der Waals surface area contributed by atoms with Gasteiger partial charge in [0.15, 0.2) is 0 Å². The van der Waals surface area contributed by atoms with Crippen LogP contribution in [0.1, 0.15) is 42.8 Å². The Balaban J connectivity index is 2.30. The van der Waals surface area contributed by atoms with E-state index >= 15 is 0 Å². The van der Waals surface area contributed by atoms with Crippen molar-refractivity contribution < 1.29 is 18.7 Å². The molecule has 0 bridgehead atoms. The van der Waals surface area contributed by atoms with Crippen LogP contribution in [0, 0.1) is 0 Å². The molecule has 0 aliphatic carbocycles. The second-order valence-corrected chi connectivity index (χ2v) is 4.57. The Labute approximate surface area is 118 Å². The smallest absolute Gasteiger partial charge is 0.374 e. The van der Waals surface area contributed by atoms with Crippen molar-refractivity contribution in [1.82, 2.24) is 10.6 Å². The molecule has 6 heteroatoms. The maximum absolute atomic E-state index is 11.6. The predicted molar refractivity (Wildman–Crippen MR) is 74.3 cm³/mol. The number of esters is 1. The molecule has 1 rings (SSSR count). The zero-order valence-corrected chi connectivity index (χ0v) is 12.2. The molecule has 1 aromatic rings. The number of carbonyl (C=O) groups excluding carboxylic acids is 2. The lowest BCUT2D eigenvalue weighted by Gasteiger charge is -2.11. The van der Waals surface area contributed by atoms with Crippen LogP contribution in [0.2, 0.25) is 0 Å². The Morgan fingerprint density at radius 1 is 1.45 bits per heavy atom. The summed E-state index contributed by atoms with van der Waals surface area (Å²) >= 11 is 0. The summed E-state index contributed by atoms with van der Waals surface area (Å²) in [6.45, 7) is 4.99. The number of nitrogens with one attached hydrogen (secondary N) is 2. The number of hydrogen-bond donors (Lipinski definition) is 2. The monoisotopic (exact) mass is 282 g/mol. The molecule has 1 aromatic heterocycles. The third-order valence-corrected chi connectivity index (χ3v) is 2.98. The molecular weight excluding hydrogens is 260 g/mol. The highest BCUT2D eigenvalue weighted by Gasteiger charge is 2.15. The van der Waals surface area contributed by atoms with Crippen molar-refractivity contribution in [2.75, 3.05) is 13.7 Å². The van der Waals surface area contributed by atoms with E-state index in [-0.39, 0.29) is 17.7 Å². The predicted octanol–water partition coefficient (Wildman–Crippen LogP) is 1.46. The molecule has 0 saturated carbocycles. The van der Waals surface area contributed by atoms with Crippen molar-refractivity contribution in [2.24, 2.45) is 0 Å². The number of amides is 1. The van der Waals surface area contributed by atoms with Crippen LogP contribution >= 0.6 is 0 Å². The SMILES string of the molecule is CCC(C)NC(=O)CCNCc1ccoc1C(=O)OC. The van der Waals surface area contributed by atoms with Gasteiger partial charge < -0.3 is 19.8 Å². The van der Waals surface area contributed by atoms with Gasteiger partial charge in [-0.2, -0.15) is 0 Å². The van der Waals surface area contributed by atoms with Crippen LogP contribution in [0.25, 0.3) is 0 Å². The van der Waals surface area contributed by atoms with Crippen LogP contribution < -0.4 is 10.6 Å². The fraction of sp³-hybridized carbons (Fsp3) is 0.571. The van der Waals surface area contributed by atoms with Crippen LogP contribution in [0.5, 0.6) is 0 Å². The Morgan fingerprint density at radius 3 is 2.85 bits per heavy atom. The lowest BCUT2D eigenvalue weighted by molar-refractivity contribution is -0.121. The third-order valence-electron chi connectivity index (χ3n) is 2.98. The van der Waals surface area contributed by atoms with E-state index in [1.165, 1.54) is 13.4 Å². The summed E-state index contributed by atoms with van der Waals surface area (Å²) in [6, 6.07) is 1.90. The summed E-state index contributed by atoms with van der Waals surface area (Å²) in [6.07, 6.45) is 2.76. The van der Waals surface area contributed by atoms with E-state index in [9.17, 15) is 9.59 Å². The molecule has 1 heterocycles. The highest BCUT2D eigenvalue weighted by molar-refractivity contribution is 5.87. The molecule has 6 nitrogen and oxygen atoms in total. The fourth-order valence-electron chi connectivity index (χ4n) is 1.62. The van der Waals surface area contributed by atoms with E-state index in [4.69, 9.17) is 4.42 Å². The molecule has 0 aliphatic rings. The van der Waals surface area contributed by atoms with Crippen LogP contribution in [0.3, 0.4) is 0 Å². The maximum Gasteiger partial charge on any atom is 0.374 e. The van der Waals surface area contributed by atoms with Crippen molar-refractivity contribution in [3.05, 3.63) is 23.7 Å². The van der Waals surface area contributed by atoms with Crippen LogP contribution in [-0.2, 0) is 16.1 Å². The minimum atomic E-state index is -0.499. The maximum atomic E-state index is 11.6. The minimum absolute atomic E-state index is 0.0206. The largest absolute Gasteiger partial charge is 0.463 e. The number of hydrogen-bond acceptors (Lipinski definition) is 5. The first-order valence-electron chi connectivity index (χ1n) is 6.73. The molecular formula is C14H22N2O4. The van der Waals surface area contributed by atoms with E-state index in [0.29, 0.717) is 19.5 Å². The molecule has 1 amide bonds. The van der Waals surface area contributed by atoms with Crippen molar-refractivity contribution in [3.8, 4) is 0 Å². The zero-order valence-electron chi connectivity index (χ0n) is 12.2. The molecule has 0 fully saturated rings. The number of ether oxygens (including phenoxy) is 1. The number of furan rings is 1. The number of methoxy groups -OCH3 is 1. The Morgan fingerprint density at radius 2 is 2.20 bits per heavy atom. The van der Waals surface area contributed by atoms with Crippen LogP contribution in [-0.4, -0.2) is 31.6 Å². The van der Waals surface area contributed by atoms with Gasteiger partial charge in [0.1, 0.15) is 0 Å². The molecule has 1 atom stereocenters. The van der Waals surface area contributed by atoms with E-state index in [1.807, 2.05) is 13.8 Å². The molecule has 1 unspecified atom stereocenters. The molecule has 0 radical (unpaired) electrons. The second kappa shape index (κ2) is 8.37. The second-order valence-electron chi connectivity index (χ2n) is 4.57. The molecule has 0 aromatic carbocycles. The topological polar surface area (TPSA) is 80.6 Å². The van der Waals surface area contributed by atoms with Crippen molar-refractivity contribution in [3.63, 3.8) is 0 Å². The lowest BCUT2D eigenvalue weighted by Crippen LogP contribution is -2.33. The van der Waals surface area contributed by atoms with Gasteiger partial charge in [0, 0.05) is 31.1 Å². The first kappa shape index (κ1) is 16.2. The van der Waals surface area contributed by atoms with Crippen LogP contribution in [0.15, 0.2) is 16.7 Å². The summed E-state index contributed by atoms with van der Waals surface area (Å²) in [5.41, 5.74) is 0.721. The molecule has 20 heavy (non-hydrogen) atoms. The molecule has 2 N–H and O–H groups in total. The van der Waals surface area contributed by atoms with Gasteiger partial charge in [-0.25, -0.2) is 4.79 Å². The molecule has 112 valence electrons. The Kier molecular flexibility index (Phi) is 6.79. The average Bonchev–Trinajstić information content (AvgIpc) is 2.90. The highest BCUT2D eigenvalue weighted by Crippen LogP contribution is 2.11. The van der Waals surface area contributed by atoms with Gasteiger partial charge in [-0.3, -0.25) is 4.79 Å². The van der Waals surface area contributed by atoms with Gasteiger partial charge in [-0.05, 0) is 19.4 Å². The first-order chi connectivity index (χ1) is 9.58. The van der Waals surface area contributed by atoms with Crippen molar-refractivity contribution in [1.29, 1.82) is 0 Å². The molecule has 0 spiro atoms. The van der Waals surface area contributed by atoms with Gasteiger partial charge in [0.05, 0.1) is 13.4 Å². The number of carbonyl (C=O) groups is 2. The summed E-state index contributed by atoms with van der Waals surface area (Å²) in [5, 5.41) is 5.99. The molecule has 0 saturated heterocycles. The summed E-state index contributed by atoms with van der Waals surface area (Å²) in [7, 11) is 1.31. The van der Waals surface area contributed by atoms with Gasteiger partial charge in [-0.1, -0.05) is 6.92 Å². The standard InChI is InChI=1S/C14H22N2O4/c1-4-10(2)16-12(17)5-7-15-9-11-6-8-20-13(11)14(18)19-3/h6,8,10,15H,4-5,7,9H2,1-3H3,(H,16,17). The van der Waals surface area contributed by atoms with E-state index < -0.39 is 5.97 Å². The average molecular weight is 282 g/mol. The minimum Gasteiger partial charge on any atom is -0.463 e. The Hall–Kier alpha value is -1.82. The summed E-state index contributed by atoms with van der Waals surface area (Å²) in [5.74, 6) is -0.280. The summed E-state index contributed by atoms with van der Waals surface area (Å²) in [4.78, 5) is 22.9. The van der Waals surface area contributed by atoms with Crippen molar-refractivity contribution >= 4 is 11.9 Å². The van der Waals surface area contributed by atoms with E-state index in [1.54, 1.807) is 6.07 Å². The van der Waals surface area contributed by atoms with E-state index in [0.717, 1.165) is 12.0 Å².